The summed E-state index contributed by atoms with van der Waals surface area (Å²) in [5.74, 6) is 0. The van der Waals surface area contributed by atoms with Gasteiger partial charge in [-0.1, -0.05) is 6.92 Å². The average Bonchev–Trinajstić information content (AvgIpc) is 2.26. The highest BCUT2D eigenvalue weighted by atomic mass is 79.9. The van der Waals surface area contributed by atoms with E-state index in [4.69, 9.17) is 5.26 Å². The van der Waals surface area contributed by atoms with Crippen molar-refractivity contribution in [2.75, 3.05) is 25.0 Å². The molecule has 0 aliphatic rings. The molecule has 0 saturated heterocycles. The first-order valence-corrected chi connectivity index (χ1v) is 5.71. The molecule has 0 aliphatic carbocycles. The average molecular weight is 268 g/mol. The molecule has 0 spiro atoms. The Labute approximate surface area is 98.6 Å². The Morgan fingerprint density at radius 3 is 2.80 bits per heavy atom. The minimum absolute atomic E-state index is 0.666. The van der Waals surface area contributed by atoms with Gasteiger partial charge in [-0.05, 0) is 40.7 Å². The predicted octanol–water partition coefficient (Wildman–Crippen LogP) is 2.34. The lowest BCUT2D eigenvalue weighted by Crippen LogP contribution is -2.21. The molecule has 0 bridgehead atoms. The second-order valence-electron chi connectivity index (χ2n) is 3.09. The van der Waals surface area contributed by atoms with Gasteiger partial charge in [0.2, 0.25) is 0 Å². The third-order valence-electron chi connectivity index (χ3n) is 1.97. The topological polar surface area (TPSA) is 47.8 Å². The summed E-state index contributed by atoms with van der Waals surface area (Å²) in [6, 6.07) is 7.63. The van der Waals surface area contributed by atoms with Crippen LogP contribution in [0.5, 0.6) is 0 Å². The van der Waals surface area contributed by atoms with Crippen LogP contribution in [0.25, 0.3) is 0 Å². The monoisotopic (exact) mass is 267 g/mol. The maximum Gasteiger partial charge on any atom is 0.0992 e. The maximum atomic E-state index is 8.70. The smallest absolute Gasteiger partial charge is 0.0992 e. The first kappa shape index (κ1) is 12.0. The fourth-order valence-electron chi connectivity index (χ4n) is 1.19. The minimum Gasteiger partial charge on any atom is -0.383 e. The number of nitrogens with one attached hydrogen (secondary N) is 2. The Kier molecular flexibility index (Phi) is 5.16. The summed E-state index contributed by atoms with van der Waals surface area (Å²) in [4.78, 5) is 0. The number of halogens is 1. The standard InChI is InChI=1S/C11H14BrN3/c1-2-14-5-6-15-11-4-3-9(8-13)7-10(11)12/h3-4,7,14-15H,2,5-6H2,1H3. The van der Waals surface area contributed by atoms with Gasteiger partial charge in [0.15, 0.2) is 0 Å². The Morgan fingerprint density at radius 2 is 2.20 bits per heavy atom. The number of nitrogens with zero attached hydrogens (tertiary/aromatic N) is 1. The molecule has 0 amide bonds. The Balaban J connectivity index is 2.52. The number of benzene rings is 1. The van der Waals surface area contributed by atoms with Crippen molar-refractivity contribution in [2.24, 2.45) is 0 Å². The Bertz CT molecular complexity index is 357. The molecule has 0 aliphatic heterocycles. The normalized spacial score (nSPS) is 9.67. The highest BCUT2D eigenvalue weighted by Crippen LogP contribution is 2.22. The molecular weight excluding hydrogens is 254 g/mol. The first-order valence-electron chi connectivity index (χ1n) is 4.92. The van der Waals surface area contributed by atoms with Gasteiger partial charge in [-0.15, -0.1) is 0 Å². The second-order valence-corrected chi connectivity index (χ2v) is 3.94. The van der Waals surface area contributed by atoms with E-state index in [9.17, 15) is 0 Å². The third-order valence-corrected chi connectivity index (χ3v) is 2.62. The van der Waals surface area contributed by atoms with Crippen molar-refractivity contribution in [2.45, 2.75) is 6.92 Å². The first-order chi connectivity index (χ1) is 7.27. The molecule has 4 heteroatoms. The number of hydrogen-bond acceptors (Lipinski definition) is 3. The van der Waals surface area contributed by atoms with Gasteiger partial charge >= 0.3 is 0 Å². The molecule has 3 nitrogen and oxygen atoms in total. The number of anilines is 1. The summed E-state index contributed by atoms with van der Waals surface area (Å²) in [5.41, 5.74) is 1.69. The molecule has 0 saturated carbocycles. The molecule has 1 rings (SSSR count). The molecule has 2 N–H and O–H groups in total. The van der Waals surface area contributed by atoms with Crippen LogP contribution >= 0.6 is 15.9 Å². The summed E-state index contributed by atoms with van der Waals surface area (Å²) in [5, 5.41) is 15.2. The highest BCUT2D eigenvalue weighted by molar-refractivity contribution is 9.10. The quantitative estimate of drug-likeness (QED) is 0.806. The van der Waals surface area contributed by atoms with Gasteiger partial charge in [-0.2, -0.15) is 5.26 Å². The fraction of sp³-hybridized carbons (Fsp3) is 0.364. The van der Waals surface area contributed by atoms with Crippen molar-refractivity contribution in [1.29, 1.82) is 5.26 Å². The van der Waals surface area contributed by atoms with Crippen molar-refractivity contribution >= 4 is 21.6 Å². The van der Waals surface area contributed by atoms with Crippen LogP contribution < -0.4 is 10.6 Å². The zero-order valence-electron chi connectivity index (χ0n) is 8.68. The molecule has 0 fully saturated rings. The maximum absolute atomic E-state index is 8.70. The number of nitriles is 1. The largest absolute Gasteiger partial charge is 0.383 e. The molecule has 1 aromatic rings. The summed E-state index contributed by atoms with van der Waals surface area (Å²) < 4.78 is 0.929. The van der Waals surface area contributed by atoms with E-state index in [2.05, 4.69) is 39.6 Å². The van der Waals surface area contributed by atoms with Crippen molar-refractivity contribution in [1.82, 2.24) is 5.32 Å². The lowest BCUT2D eigenvalue weighted by atomic mass is 10.2. The van der Waals surface area contributed by atoms with Crippen molar-refractivity contribution in [3.63, 3.8) is 0 Å². The summed E-state index contributed by atoms with van der Waals surface area (Å²) in [7, 11) is 0. The number of hydrogen-bond donors (Lipinski definition) is 2. The highest BCUT2D eigenvalue weighted by Gasteiger charge is 1.99. The van der Waals surface area contributed by atoms with Gasteiger partial charge in [0, 0.05) is 23.2 Å². The van der Waals surface area contributed by atoms with E-state index >= 15 is 0 Å². The van der Waals surface area contributed by atoms with Gasteiger partial charge < -0.3 is 10.6 Å². The van der Waals surface area contributed by atoms with E-state index in [1.165, 1.54) is 0 Å². The number of likely N-dealkylation sites (N-methyl/N-ethyl adjacent to an activating group) is 1. The van der Waals surface area contributed by atoms with Gasteiger partial charge in [0.25, 0.3) is 0 Å². The molecule has 15 heavy (non-hydrogen) atoms. The van der Waals surface area contributed by atoms with Crippen LogP contribution in [0.1, 0.15) is 12.5 Å². The van der Waals surface area contributed by atoms with Crippen molar-refractivity contribution < 1.29 is 0 Å². The fourth-order valence-corrected chi connectivity index (χ4v) is 1.71. The van der Waals surface area contributed by atoms with E-state index in [1.54, 1.807) is 6.07 Å². The molecule has 0 aromatic heterocycles. The van der Waals surface area contributed by atoms with Crippen molar-refractivity contribution in [3.8, 4) is 6.07 Å². The molecule has 0 radical (unpaired) electrons. The molecule has 0 heterocycles. The lowest BCUT2D eigenvalue weighted by molar-refractivity contribution is 0.739. The van der Waals surface area contributed by atoms with Gasteiger partial charge in [-0.25, -0.2) is 0 Å². The van der Waals surface area contributed by atoms with E-state index in [-0.39, 0.29) is 0 Å². The molecule has 0 atom stereocenters. The van der Waals surface area contributed by atoms with Crippen LogP contribution in [0.15, 0.2) is 22.7 Å². The zero-order chi connectivity index (χ0) is 11.1. The van der Waals surface area contributed by atoms with Gasteiger partial charge in [-0.3, -0.25) is 0 Å². The van der Waals surface area contributed by atoms with Crippen LogP contribution in [0.4, 0.5) is 5.69 Å². The van der Waals surface area contributed by atoms with E-state index in [1.807, 2.05) is 12.1 Å². The van der Waals surface area contributed by atoms with Gasteiger partial charge in [0.1, 0.15) is 0 Å². The molecular formula is C11H14BrN3. The van der Waals surface area contributed by atoms with Crippen LogP contribution in [-0.4, -0.2) is 19.6 Å². The van der Waals surface area contributed by atoms with Crippen LogP contribution in [0.2, 0.25) is 0 Å². The third kappa shape index (κ3) is 3.90. The molecule has 0 unspecified atom stereocenters. The predicted molar refractivity (Wildman–Crippen MR) is 65.9 cm³/mol. The summed E-state index contributed by atoms with van der Waals surface area (Å²) in [6.45, 7) is 4.87. The van der Waals surface area contributed by atoms with Crippen LogP contribution in [0.3, 0.4) is 0 Å². The second kappa shape index (κ2) is 6.44. The number of rotatable bonds is 5. The van der Waals surface area contributed by atoms with E-state index < -0.39 is 0 Å². The van der Waals surface area contributed by atoms with E-state index in [0.29, 0.717) is 5.56 Å². The summed E-state index contributed by atoms with van der Waals surface area (Å²) >= 11 is 3.42. The van der Waals surface area contributed by atoms with Crippen LogP contribution in [0, 0.1) is 11.3 Å². The minimum atomic E-state index is 0.666. The zero-order valence-corrected chi connectivity index (χ0v) is 10.3. The van der Waals surface area contributed by atoms with E-state index in [0.717, 1.165) is 29.8 Å². The lowest BCUT2D eigenvalue weighted by Gasteiger charge is -2.08. The van der Waals surface area contributed by atoms with Crippen molar-refractivity contribution in [3.05, 3.63) is 28.2 Å². The SMILES string of the molecule is CCNCCNc1ccc(C#N)cc1Br. The molecule has 1 aromatic carbocycles. The van der Waals surface area contributed by atoms with Gasteiger partial charge in [0.05, 0.1) is 11.6 Å². The Morgan fingerprint density at radius 1 is 1.40 bits per heavy atom. The Hall–Kier alpha value is -1.05. The molecule has 80 valence electrons. The summed E-state index contributed by atoms with van der Waals surface area (Å²) in [6.07, 6.45) is 0. The van der Waals surface area contributed by atoms with Crippen LogP contribution in [-0.2, 0) is 0 Å².